The minimum absolute atomic E-state index is 0.0449. The summed E-state index contributed by atoms with van der Waals surface area (Å²) in [6.07, 6.45) is 3.32. The van der Waals surface area contributed by atoms with Crippen LogP contribution >= 0.6 is 0 Å². The highest BCUT2D eigenvalue weighted by atomic mass is 16.6. The van der Waals surface area contributed by atoms with Crippen LogP contribution < -0.4 is 14.2 Å². The summed E-state index contributed by atoms with van der Waals surface area (Å²) in [5.74, 6) is 0.545. The standard InChI is InChI=1S/C18H23NO6/c1-23-14-10-12(11-15-17(14)25-9-8-24-15)18(22)19-7-3-2-4-13(19)5-6-16(20)21/h10-11,13H,2-9H2,1H3,(H,20,21). The predicted molar refractivity (Wildman–Crippen MR) is 89.5 cm³/mol. The molecule has 0 spiro atoms. The number of piperidine rings is 1. The zero-order valence-electron chi connectivity index (χ0n) is 14.3. The van der Waals surface area contributed by atoms with Crippen molar-refractivity contribution in [1.82, 2.24) is 4.90 Å². The van der Waals surface area contributed by atoms with E-state index >= 15 is 0 Å². The van der Waals surface area contributed by atoms with Crippen LogP contribution in [0, 0.1) is 0 Å². The molecule has 0 aromatic heterocycles. The maximum atomic E-state index is 13.0. The average molecular weight is 349 g/mol. The van der Waals surface area contributed by atoms with Crippen LogP contribution in [0.4, 0.5) is 0 Å². The lowest BCUT2D eigenvalue weighted by Gasteiger charge is -2.36. The minimum atomic E-state index is -0.834. The SMILES string of the molecule is COc1cc(C(=O)N2CCCCC2CCC(=O)O)cc2c1OCCO2. The van der Waals surface area contributed by atoms with E-state index in [4.69, 9.17) is 19.3 Å². The Hall–Kier alpha value is -2.44. The minimum Gasteiger partial charge on any atom is -0.493 e. The van der Waals surface area contributed by atoms with Crippen molar-refractivity contribution < 1.29 is 28.9 Å². The Morgan fingerprint density at radius 1 is 1.28 bits per heavy atom. The third-order valence-corrected chi connectivity index (χ3v) is 4.65. The molecule has 25 heavy (non-hydrogen) atoms. The van der Waals surface area contributed by atoms with Gasteiger partial charge in [0, 0.05) is 24.6 Å². The third kappa shape index (κ3) is 3.81. The summed E-state index contributed by atoms with van der Waals surface area (Å²) in [5.41, 5.74) is 0.475. The van der Waals surface area contributed by atoms with Gasteiger partial charge in [-0.15, -0.1) is 0 Å². The van der Waals surface area contributed by atoms with Gasteiger partial charge in [-0.1, -0.05) is 0 Å². The van der Waals surface area contributed by atoms with Crippen LogP contribution in [0.3, 0.4) is 0 Å². The van der Waals surface area contributed by atoms with Gasteiger partial charge in [0.15, 0.2) is 11.5 Å². The molecule has 1 unspecified atom stereocenters. The normalized spacial score (nSPS) is 19.4. The second kappa shape index (κ2) is 7.63. The Balaban J connectivity index is 1.84. The molecule has 0 radical (unpaired) electrons. The highest BCUT2D eigenvalue weighted by Gasteiger charge is 2.29. The lowest BCUT2D eigenvalue weighted by Crippen LogP contribution is -2.44. The Bertz CT molecular complexity index is 642. The average Bonchev–Trinajstić information content (AvgIpc) is 2.65. The van der Waals surface area contributed by atoms with E-state index in [1.165, 1.54) is 7.11 Å². The van der Waals surface area contributed by atoms with Crippen molar-refractivity contribution in [3.63, 3.8) is 0 Å². The van der Waals surface area contributed by atoms with Gasteiger partial charge in [-0.05, 0) is 37.8 Å². The summed E-state index contributed by atoms with van der Waals surface area (Å²) >= 11 is 0. The van der Waals surface area contributed by atoms with E-state index in [1.807, 2.05) is 0 Å². The summed E-state index contributed by atoms with van der Waals surface area (Å²) in [7, 11) is 1.53. The van der Waals surface area contributed by atoms with E-state index in [0.717, 1.165) is 19.3 Å². The molecule has 1 aromatic carbocycles. The van der Waals surface area contributed by atoms with Crippen molar-refractivity contribution in [2.75, 3.05) is 26.9 Å². The van der Waals surface area contributed by atoms with Gasteiger partial charge >= 0.3 is 5.97 Å². The number of carbonyl (C=O) groups is 2. The number of carbonyl (C=O) groups excluding carboxylic acids is 1. The first-order valence-electron chi connectivity index (χ1n) is 8.60. The van der Waals surface area contributed by atoms with Gasteiger partial charge < -0.3 is 24.2 Å². The van der Waals surface area contributed by atoms with Gasteiger partial charge in [0.2, 0.25) is 5.75 Å². The van der Waals surface area contributed by atoms with E-state index in [1.54, 1.807) is 17.0 Å². The zero-order chi connectivity index (χ0) is 17.8. The number of hydrogen-bond acceptors (Lipinski definition) is 5. The second-order valence-electron chi connectivity index (χ2n) is 6.28. The molecule has 7 nitrogen and oxygen atoms in total. The van der Waals surface area contributed by atoms with Crippen LogP contribution in [-0.4, -0.2) is 54.8 Å². The number of rotatable bonds is 5. The molecule has 0 bridgehead atoms. The maximum absolute atomic E-state index is 13.0. The number of carboxylic acids is 1. The molecule has 1 N–H and O–H groups in total. The number of nitrogens with zero attached hydrogens (tertiary/aromatic N) is 1. The highest BCUT2D eigenvalue weighted by Crippen LogP contribution is 2.41. The smallest absolute Gasteiger partial charge is 0.303 e. The van der Waals surface area contributed by atoms with Crippen molar-refractivity contribution in [2.24, 2.45) is 0 Å². The molecular formula is C18H23NO6. The molecule has 1 atom stereocenters. The Kier molecular flexibility index (Phi) is 5.31. The molecule has 0 aliphatic carbocycles. The number of ether oxygens (including phenoxy) is 3. The van der Waals surface area contributed by atoms with Gasteiger partial charge in [0.1, 0.15) is 13.2 Å². The molecule has 1 amide bonds. The Morgan fingerprint density at radius 3 is 2.84 bits per heavy atom. The number of amides is 1. The third-order valence-electron chi connectivity index (χ3n) is 4.65. The lowest BCUT2D eigenvalue weighted by atomic mass is 9.96. The van der Waals surface area contributed by atoms with Crippen molar-refractivity contribution in [2.45, 2.75) is 38.1 Å². The van der Waals surface area contributed by atoms with Crippen LogP contribution in [0.5, 0.6) is 17.2 Å². The second-order valence-corrected chi connectivity index (χ2v) is 6.28. The molecular weight excluding hydrogens is 326 g/mol. The molecule has 0 saturated carbocycles. The zero-order valence-corrected chi connectivity index (χ0v) is 14.3. The number of likely N-dealkylation sites (tertiary alicyclic amines) is 1. The molecule has 1 saturated heterocycles. The monoisotopic (exact) mass is 349 g/mol. The molecule has 1 aromatic rings. The molecule has 2 aliphatic rings. The van der Waals surface area contributed by atoms with Gasteiger partial charge in [-0.25, -0.2) is 0 Å². The van der Waals surface area contributed by atoms with Gasteiger partial charge in [-0.3, -0.25) is 9.59 Å². The van der Waals surface area contributed by atoms with Gasteiger partial charge in [0.05, 0.1) is 7.11 Å². The predicted octanol–water partition coefficient (Wildman–Crippen LogP) is 2.33. The summed E-state index contributed by atoms with van der Waals surface area (Å²) in [4.78, 5) is 25.7. The summed E-state index contributed by atoms with van der Waals surface area (Å²) in [6, 6.07) is 3.30. The molecule has 2 heterocycles. The van der Waals surface area contributed by atoms with E-state index in [2.05, 4.69) is 0 Å². The molecule has 2 aliphatic heterocycles. The van der Waals surface area contributed by atoms with Crippen molar-refractivity contribution >= 4 is 11.9 Å². The molecule has 3 rings (SSSR count). The van der Waals surface area contributed by atoms with Gasteiger partial charge in [0.25, 0.3) is 5.91 Å². The molecule has 136 valence electrons. The molecule has 1 fully saturated rings. The number of aliphatic carboxylic acids is 1. The fourth-order valence-electron chi connectivity index (χ4n) is 3.42. The maximum Gasteiger partial charge on any atom is 0.303 e. The summed E-state index contributed by atoms with van der Waals surface area (Å²) in [6.45, 7) is 1.51. The highest BCUT2D eigenvalue weighted by molar-refractivity contribution is 5.96. The van der Waals surface area contributed by atoms with Crippen LogP contribution in [0.1, 0.15) is 42.5 Å². The van der Waals surface area contributed by atoms with E-state index < -0.39 is 5.97 Å². The summed E-state index contributed by atoms with van der Waals surface area (Å²) in [5, 5.41) is 8.94. The van der Waals surface area contributed by atoms with Crippen molar-refractivity contribution in [1.29, 1.82) is 0 Å². The largest absolute Gasteiger partial charge is 0.493 e. The van der Waals surface area contributed by atoms with Crippen molar-refractivity contribution in [3.8, 4) is 17.2 Å². The first-order chi connectivity index (χ1) is 12.1. The number of hydrogen-bond donors (Lipinski definition) is 1. The van der Waals surface area contributed by atoms with E-state index in [9.17, 15) is 9.59 Å². The fraction of sp³-hybridized carbons (Fsp3) is 0.556. The first kappa shape index (κ1) is 17.4. The Labute approximate surface area is 146 Å². The van der Waals surface area contributed by atoms with E-state index in [0.29, 0.717) is 49.0 Å². The van der Waals surface area contributed by atoms with Crippen LogP contribution in [0.15, 0.2) is 12.1 Å². The lowest BCUT2D eigenvalue weighted by molar-refractivity contribution is -0.137. The van der Waals surface area contributed by atoms with Gasteiger partial charge in [-0.2, -0.15) is 0 Å². The number of carboxylic acid groups (broad SMARTS) is 1. The number of methoxy groups -OCH3 is 1. The van der Waals surface area contributed by atoms with Crippen LogP contribution in [0.25, 0.3) is 0 Å². The van der Waals surface area contributed by atoms with E-state index in [-0.39, 0.29) is 18.4 Å². The number of fused-ring (bicyclic) bond motifs is 1. The first-order valence-corrected chi connectivity index (χ1v) is 8.60. The molecule has 7 heteroatoms. The van der Waals surface area contributed by atoms with Crippen LogP contribution in [-0.2, 0) is 4.79 Å². The van der Waals surface area contributed by atoms with Crippen LogP contribution in [0.2, 0.25) is 0 Å². The summed E-state index contributed by atoms with van der Waals surface area (Å²) < 4.78 is 16.5. The fourth-order valence-corrected chi connectivity index (χ4v) is 3.42. The quantitative estimate of drug-likeness (QED) is 0.878. The van der Waals surface area contributed by atoms with Crippen molar-refractivity contribution in [3.05, 3.63) is 17.7 Å². The Morgan fingerprint density at radius 2 is 2.08 bits per heavy atom. The topological polar surface area (TPSA) is 85.3 Å². The number of benzene rings is 1.